The van der Waals surface area contributed by atoms with Gasteiger partial charge in [-0.25, -0.2) is 0 Å². The van der Waals surface area contributed by atoms with Gasteiger partial charge < -0.3 is 15.5 Å². The monoisotopic (exact) mass is 239 g/mol. The highest BCUT2D eigenvalue weighted by Crippen LogP contribution is 2.21. The molecule has 0 aromatic heterocycles. The summed E-state index contributed by atoms with van der Waals surface area (Å²) >= 11 is 0. The molecule has 0 spiro atoms. The largest absolute Gasteiger partial charge is 0.342 e. The molecule has 1 amide bonds. The average Bonchev–Trinajstić information content (AvgIpc) is 2.90. The predicted molar refractivity (Wildman–Crippen MR) is 68.6 cm³/mol. The Morgan fingerprint density at radius 1 is 1.12 bits per heavy atom. The van der Waals surface area contributed by atoms with Gasteiger partial charge in [-0.05, 0) is 58.3 Å². The van der Waals surface area contributed by atoms with Crippen LogP contribution < -0.4 is 5.73 Å². The minimum Gasteiger partial charge on any atom is -0.342 e. The molecule has 2 aliphatic heterocycles. The van der Waals surface area contributed by atoms with Crippen molar-refractivity contribution in [3.05, 3.63) is 0 Å². The summed E-state index contributed by atoms with van der Waals surface area (Å²) in [6.45, 7) is 6.00. The Hall–Kier alpha value is -0.610. The Morgan fingerprint density at radius 3 is 2.35 bits per heavy atom. The van der Waals surface area contributed by atoms with E-state index in [9.17, 15) is 4.79 Å². The average molecular weight is 239 g/mol. The van der Waals surface area contributed by atoms with Gasteiger partial charge in [0.2, 0.25) is 5.91 Å². The second kappa shape index (κ2) is 6.36. The number of carbonyl (C=O) groups is 1. The molecule has 2 saturated heterocycles. The van der Waals surface area contributed by atoms with E-state index in [-0.39, 0.29) is 0 Å². The molecule has 2 fully saturated rings. The van der Waals surface area contributed by atoms with Crippen molar-refractivity contribution in [1.82, 2.24) is 9.80 Å². The first-order chi connectivity index (χ1) is 8.31. The lowest BCUT2D eigenvalue weighted by Gasteiger charge is -2.33. The van der Waals surface area contributed by atoms with Crippen LogP contribution in [-0.4, -0.2) is 55.0 Å². The summed E-state index contributed by atoms with van der Waals surface area (Å²) in [6.07, 6.45) is 5.55. The van der Waals surface area contributed by atoms with Gasteiger partial charge in [0.05, 0.1) is 0 Å². The van der Waals surface area contributed by atoms with Crippen LogP contribution in [0.3, 0.4) is 0 Å². The van der Waals surface area contributed by atoms with Gasteiger partial charge in [0.25, 0.3) is 0 Å². The molecule has 2 rings (SSSR count). The van der Waals surface area contributed by atoms with Crippen molar-refractivity contribution in [3.63, 3.8) is 0 Å². The molecular formula is C13H25N3O. The molecule has 4 heteroatoms. The number of nitrogens with two attached hydrogens (primary N) is 1. The van der Waals surface area contributed by atoms with Crippen LogP contribution >= 0.6 is 0 Å². The zero-order valence-electron chi connectivity index (χ0n) is 10.7. The van der Waals surface area contributed by atoms with E-state index in [0.717, 1.165) is 58.5 Å². The van der Waals surface area contributed by atoms with Gasteiger partial charge in [0.15, 0.2) is 0 Å². The molecule has 0 aromatic carbocycles. The van der Waals surface area contributed by atoms with Crippen LogP contribution in [-0.2, 0) is 4.79 Å². The number of rotatable bonds is 4. The van der Waals surface area contributed by atoms with Gasteiger partial charge in [-0.1, -0.05) is 0 Å². The van der Waals surface area contributed by atoms with Gasteiger partial charge in [-0.3, -0.25) is 4.79 Å². The summed E-state index contributed by atoms with van der Waals surface area (Å²) in [5.41, 5.74) is 5.52. The summed E-state index contributed by atoms with van der Waals surface area (Å²) in [6, 6.07) is 0. The lowest BCUT2D eigenvalue weighted by Crippen LogP contribution is -2.42. The van der Waals surface area contributed by atoms with Crippen molar-refractivity contribution in [2.75, 3.05) is 39.3 Å². The molecule has 0 atom stereocenters. The molecule has 98 valence electrons. The number of piperidine rings is 1. The Kier molecular flexibility index (Phi) is 4.80. The highest BCUT2D eigenvalue weighted by Gasteiger charge is 2.29. The molecule has 0 unspecified atom stereocenters. The summed E-state index contributed by atoms with van der Waals surface area (Å²) in [5, 5.41) is 0. The number of nitrogens with zero attached hydrogens (tertiary/aromatic N) is 2. The standard InChI is InChI=1S/C13H25N3O/c14-6-3-7-15-10-4-12(5-11-15)13(17)16-8-1-2-9-16/h12H,1-11,14H2. The number of hydrogen-bond acceptors (Lipinski definition) is 3. The van der Waals surface area contributed by atoms with E-state index in [2.05, 4.69) is 9.80 Å². The molecule has 2 N–H and O–H groups in total. The van der Waals surface area contributed by atoms with Gasteiger partial charge >= 0.3 is 0 Å². The number of likely N-dealkylation sites (tertiary alicyclic amines) is 2. The molecule has 2 aliphatic rings. The van der Waals surface area contributed by atoms with E-state index in [1.165, 1.54) is 12.8 Å². The van der Waals surface area contributed by atoms with E-state index in [4.69, 9.17) is 5.73 Å². The Morgan fingerprint density at radius 2 is 1.76 bits per heavy atom. The summed E-state index contributed by atoms with van der Waals surface area (Å²) in [4.78, 5) is 16.7. The van der Waals surface area contributed by atoms with Crippen LogP contribution in [0.25, 0.3) is 0 Å². The zero-order valence-corrected chi connectivity index (χ0v) is 10.7. The first-order valence-electron chi connectivity index (χ1n) is 7.02. The van der Waals surface area contributed by atoms with Crippen molar-refractivity contribution in [1.29, 1.82) is 0 Å². The van der Waals surface area contributed by atoms with Crippen LogP contribution in [0, 0.1) is 5.92 Å². The SMILES string of the molecule is NCCCN1CCC(C(=O)N2CCCC2)CC1. The van der Waals surface area contributed by atoms with Gasteiger partial charge in [0.1, 0.15) is 0 Å². The van der Waals surface area contributed by atoms with Crippen molar-refractivity contribution >= 4 is 5.91 Å². The zero-order chi connectivity index (χ0) is 12.1. The molecule has 2 heterocycles. The number of hydrogen-bond donors (Lipinski definition) is 1. The first-order valence-corrected chi connectivity index (χ1v) is 7.02. The second-order valence-corrected chi connectivity index (χ2v) is 5.29. The van der Waals surface area contributed by atoms with Crippen molar-refractivity contribution in [3.8, 4) is 0 Å². The van der Waals surface area contributed by atoms with Crippen LogP contribution in [0.4, 0.5) is 0 Å². The predicted octanol–water partition coefficient (Wildman–Crippen LogP) is 0.670. The van der Waals surface area contributed by atoms with Crippen molar-refractivity contribution < 1.29 is 4.79 Å². The normalized spacial score (nSPS) is 23.2. The third-order valence-corrected chi connectivity index (χ3v) is 4.03. The molecule has 0 bridgehead atoms. The van der Waals surface area contributed by atoms with Crippen LogP contribution in [0.1, 0.15) is 32.1 Å². The molecule has 0 saturated carbocycles. The third kappa shape index (κ3) is 3.42. The highest BCUT2D eigenvalue weighted by atomic mass is 16.2. The topological polar surface area (TPSA) is 49.6 Å². The maximum atomic E-state index is 12.2. The van der Waals surface area contributed by atoms with Crippen molar-refractivity contribution in [2.45, 2.75) is 32.1 Å². The molecular weight excluding hydrogens is 214 g/mol. The number of amides is 1. The van der Waals surface area contributed by atoms with Crippen LogP contribution in [0.15, 0.2) is 0 Å². The maximum absolute atomic E-state index is 12.2. The minimum atomic E-state index is 0.294. The molecule has 0 radical (unpaired) electrons. The second-order valence-electron chi connectivity index (χ2n) is 5.29. The quantitative estimate of drug-likeness (QED) is 0.784. The van der Waals surface area contributed by atoms with Gasteiger partial charge in [-0.2, -0.15) is 0 Å². The third-order valence-electron chi connectivity index (χ3n) is 4.03. The fourth-order valence-corrected chi connectivity index (χ4v) is 2.91. The van der Waals surface area contributed by atoms with Crippen LogP contribution in [0.2, 0.25) is 0 Å². The summed E-state index contributed by atoms with van der Waals surface area (Å²) in [7, 11) is 0. The molecule has 17 heavy (non-hydrogen) atoms. The van der Waals surface area contributed by atoms with E-state index >= 15 is 0 Å². The smallest absolute Gasteiger partial charge is 0.225 e. The lowest BCUT2D eigenvalue weighted by molar-refractivity contribution is -0.135. The fourth-order valence-electron chi connectivity index (χ4n) is 2.91. The van der Waals surface area contributed by atoms with E-state index in [1.807, 2.05) is 0 Å². The summed E-state index contributed by atoms with van der Waals surface area (Å²) in [5.74, 6) is 0.711. The highest BCUT2D eigenvalue weighted by molar-refractivity contribution is 5.79. The fraction of sp³-hybridized carbons (Fsp3) is 0.923. The Balaban J connectivity index is 1.72. The minimum absolute atomic E-state index is 0.294. The van der Waals surface area contributed by atoms with Crippen molar-refractivity contribution in [2.24, 2.45) is 11.7 Å². The molecule has 0 aliphatic carbocycles. The molecule has 0 aromatic rings. The lowest BCUT2D eigenvalue weighted by atomic mass is 9.95. The van der Waals surface area contributed by atoms with Crippen LogP contribution in [0.5, 0.6) is 0 Å². The van der Waals surface area contributed by atoms with E-state index in [1.54, 1.807) is 0 Å². The molecule has 4 nitrogen and oxygen atoms in total. The Bertz CT molecular complexity index is 243. The van der Waals surface area contributed by atoms with E-state index < -0.39 is 0 Å². The maximum Gasteiger partial charge on any atom is 0.225 e. The number of carbonyl (C=O) groups excluding carboxylic acids is 1. The van der Waals surface area contributed by atoms with Gasteiger partial charge in [0, 0.05) is 19.0 Å². The van der Waals surface area contributed by atoms with Gasteiger partial charge in [-0.15, -0.1) is 0 Å². The van der Waals surface area contributed by atoms with E-state index in [0.29, 0.717) is 11.8 Å². The summed E-state index contributed by atoms with van der Waals surface area (Å²) < 4.78 is 0. The Labute approximate surface area is 104 Å². The first kappa shape index (κ1) is 12.8.